The SMILES string of the molecule is Clc1ccc(OCCC2CNC2)c(Cl)c1. The average molecular weight is 246 g/mol. The number of hydrogen-bond donors (Lipinski definition) is 1. The van der Waals surface area contributed by atoms with Crippen LogP contribution in [0.3, 0.4) is 0 Å². The van der Waals surface area contributed by atoms with Gasteiger partial charge >= 0.3 is 0 Å². The molecule has 1 saturated heterocycles. The first-order valence-electron chi connectivity index (χ1n) is 5.04. The molecule has 1 aromatic rings. The molecule has 2 nitrogen and oxygen atoms in total. The van der Waals surface area contributed by atoms with Crippen molar-refractivity contribution in [2.45, 2.75) is 6.42 Å². The number of ether oxygens (including phenoxy) is 1. The molecule has 1 N–H and O–H groups in total. The number of halogens is 2. The van der Waals surface area contributed by atoms with E-state index in [0.717, 1.165) is 25.4 Å². The molecule has 1 aliphatic rings. The van der Waals surface area contributed by atoms with E-state index in [1.807, 2.05) is 6.07 Å². The summed E-state index contributed by atoms with van der Waals surface area (Å²) in [5.74, 6) is 1.48. The third-order valence-electron chi connectivity index (χ3n) is 2.54. The summed E-state index contributed by atoms with van der Waals surface area (Å²) in [4.78, 5) is 0. The van der Waals surface area contributed by atoms with Crippen LogP contribution in [0.5, 0.6) is 5.75 Å². The van der Waals surface area contributed by atoms with E-state index >= 15 is 0 Å². The highest BCUT2D eigenvalue weighted by molar-refractivity contribution is 6.35. The highest BCUT2D eigenvalue weighted by Crippen LogP contribution is 2.27. The van der Waals surface area contributed by atoms with Gasteiger partial charge in [-0.15, -0.1) is 0 Å². The molecule has 0 amide bonds. The number of rotatable bonds is 4. The van der Waals surface area contributed by atoms with Crippen molar-refractivity contribution in [2.24, 2.45) is 5.92 Å². The molecule has 0 aliphatic carbocycles. The predicted molar refractivity (Wildman–Crippen MR) is 62.9 cm³/mol. The van der Waals surface area contributed by atoms with Crippen LogP contribution in [0.15, 0.2) is 18.2 Å². The first kappa shape index (κ1) is 11.1. The Balaban J connectivity index is 1.81. The van der Waals surface area contributed by atoms with Crippen LogP contribution in [0.1, 0.15) is 6.42 Å². The summed E-state index contributed by atoms with van der Waals surface area (Å²) in [6.45, 7) is 2.93. The fourth-order valence-corrected chi connectivity index (χ4v) is 1.94. The van der Waals surface area contributed by atoms with Crippen molar-refractivity contribution in [3.8, 4) is 5.75 Å². The molecule has 0 aromatic heterocycles. The van der Waals surface area contributed by atoms with E-state index in [-0.39, 0.29) is 0 Å². The maximum Gasteiger partial charge on any atom is 0.137 e. The maximum atomic E-state index is 5.97. The van der Waals surface area contributed by atoms with Gasteiger partial charge < -0.3 is 10.1 Å². The van der Waals surface area contributed by atoms with Crippen LogP contribution in [0.4, 0.5) is 0 Å². The van der Waals surface area contributed by atoms with Crippen LogP contribution in [0.25, 0.3) is 0 Å². The van der Waals surface area contributed by atoms with Crippen molar-refractivity contribution in [1.82, 2.24) is 5.32 Å². The molecule has 0 radical (unpaired) electrons. The molecular weight excluding hydrogens is 233 g/mol. The van der Waals surface area contributed by atoms with E-state index in [9.17, 15) is 0 Å². The lowest BCUT2D eigenvalue weighted by molar-refractivity contribution is 0.238. The zero-order valence-corrected chi connectivity index (χ0v) is 9.81. The van der Waals surface area contributed by atoms with Crippen molar-refractivity contribution >= 4 is 23.2 Å². The van der Waals surface area contributed by atoms with Gasteiger partial charge in [0.25, 0.3) is 0 Å². The standard InChI is InChI=1S/C11H13Cl2NO/c12-9-1-2-11(10(13)5-9)15-4-3-8-6-14-7-8/h1-2,5,8,14H,3-4,6-7H2. The summed E-state index contributed by atoms with van der Waals surface area (Å²) in [7, 11) is 0. The quantitative estimate of drug-likeness (QED) is 0.881. The Morgan fingerprint density at radius 2 is 2.13 bits per heavy atom. The van der Waals surface area contributed by atoms with Crippen molar-refractivity contribution < 1.29 is 4.74 Å². The van der Waals surface area contributed by atoms with Crippen LogP contribution < -0.4 is 10.1 Å². The monoisotopic (exact) mass is 245 g/mol. The zero-order valence-electron chi connectivity index (χ0n) is 8.30. The smallest absolute Gasteiger partial charge is 0.137 e. The van der Waals surface area contributed by atoms with Gasteiger partial charge in [0.05, 0.1) is 11.6 Å². The Bertz CT molecular complexity index is 339. The predicted octanol–water partition coefficient (Wildman–Crippen LogP) is 2.98. The summed E-state index contributed by atoms with van der Waals surface area (Å²) >= 11 is 11.8. The van der Waals surface area contributed by atoms with Gasteiger partial charge in [-0.1, -0.05) is 23.2 Å². The number of hydrogen-bond acceptors (Lipinski definition) is 2. The third kappa shape index (κ3) is 3.00. The van der Waals surface area contributed by atoms with Gasteiger partial charge in [0.1, 0.15) is 5.75 Å². The number of benzene rings is 1. The number of nitrogens with one attached hydrogen (secondary N) is 1. The van der Waals surface area contributed by atoms with E-state index in [1.54, 1.807) is 12.1 Å². The first-order chi connectivity index (χ1) is 7.25. The molecular formula is C11H13Cl2NO. The fourth-order valence-electron chi connectivity index (χ4n) is 1.48. The zero-order chi connectivity index (χ0) is 10.7. The minimum atomic E-state index is 0.578. The van der Waals surface area contributed by atoms with Crippen LogP contribution in [-0.4, -0.2) is 19.7 Å². The Kier molecular flexibility index (Phi) is 3.73. The van der Waals surface area contributed by atoms with E-state index in [2.05, 4.69) is 5.32 Å². The van der Waals surface area contributed by atoms with E-state index in [1.165, 1.54) is 0 Å². The second-order valence-corrected chi connectivity index (χ2v) is 4.58. The van der Waals surface area contributed by atoms with E-state index < -0.39 is 0 Å². The maximum absolute atomic E-state index is 5.97. The summed E-state index contributed by atoms with van der Waals surface area (Å²) in [6, 6.07) is 5.29. The first-order valence-corrected chi connectivity index (χ1v) is 5.80. The molecule has 1 fully saturated rings. The molecule has 0 bridgehead atoms. The van der Waals surface area contributed by atoms with Gasteiger partial charge in [0, 0.05) is 5.02 Å². The normalized spacial score (nSPS) is 16.1. The molecule has 0 atom stereocenters. The minimum absolute atomic E-state index is 0.578. The summed E-state index contributed by atoms with van der Waals surface area (Å²) in [5.41, 5.74) is 0. The molecule has 15 heavy (non-hydrogen) atoms. The van der Waals surface area contributed by atoms with Crippen LogP contribution in [0.2, 0.25) is 10.0 Å². The lowest BCUT2D eigenvalue weighted by atomic mass is 10.0. The molecule has 2 rings (SSSR count). The lowest BCUT2D eigenvalue weighted by Crippen LogP contribution is -2.42. The third-order valence-corrected chi connectivity index (χ3v) is 3.07. The van der Waals surface area contributed by atoms with Crippen molar-refractivity contribution in [3.63, 3.8) is 0 Å². The molecule has 1 heterocycles. The minimum Gasteiger partial charge on any atom is -0.492 e. The lowest BCUT2D eigenvalue weighted by Gasteiger charge is -2.26. The van der Waals surface area contributed by atoms with Crippen molar-refractivity contribution in [1.29, 1.82) is 0 Å². The Morgan fingerprint density at radius 1 is 1.33 bits per heavy atom. The van der Waals surface area contributed by atoms with Crippen molar-refractivity contribution in [2.75, 3.05) is 19.7 Å². The van der Waals surface area contributed by atoms with Gasteiger partial charge in [-0.2, -0.15) is 0 Å². The molecule has 0 saturated carbocycles. The van der Waals surface area contributed by atoms with Crippen LogP contribution >= 0.6 is 23.2 Å². The molecule has 1 aromatic carbocycles. The van der Waals surface area contributed by atoms with E-state index in [0.29, 0.717) is 22.4 Å². The highest BCUT2D eigenvalue weighted by atomic mass is 35.5. The summed E-state index contributed by atoms with van der Waals surface area (Å²) in [5, 5.41) is 4.44. The molecule has 1 aliphatic heterocycles. The van der Waals surface area contributed by atoms with Crippen LogP contribution in [-0.2, 0) is 0 Å². The Hall–Kier alpha value is -0.440. The van der Waals surface area contributed by atoms with Gasteiger partial charge in [-0.05, 0) is 43.6 Å². The molecule has 4 heteroatoms. The van der Waals surface area contributed by atoms with Crippen molar-refractivity contribution in [3.05, 3.63) is 28.2 Å². The Morgan fingerprint density at radius 3 is 2.73 bits per heavy atom. The molecule has 0 spiro atoms. The van der Waals surface area contributed by atoms with Gasteiger partial charge in [-0.25, -0.2) is 0 Å². The summed E-state index contributed by atoms with van der Waals surface area (Å²) in [6.07, 6.45) is 1.08. The van der Waals surface area contributed by atoms with Gasteiger partial charge in [-0.3, -0.25) is 0 Å². The fraction of sp³-hybridized carbons (Fsp3) is 0.455. The topological polar surface area (TPSA) is 21.3 Å². The molecule has 82 valence electrons. The average Bonchev–Trinajstić information content (AvgIpc) is 2.12. The highest BCUT2D eigenvalue weighted by Gasteiger charge is 2.16. The van der Waals surface area contributed by atoms with Gasteiger partial charge in [0.2, 0.25) is 0 Å². The Labute approximate surface area is 99.5 Å². The van der Waals surface area contributed by atoms with Crippen LogP contribution in [0, 0.1) is 5.92 Å². The molecule has 0 unspecified atom stereocenters. The second-order valence-electron chi connectivity index (χ2n) is 3.74. The van der Waals surface area contributed by atoms with Gasteiger partial charge in [0.15, 0.2) is 0 Å². The largest absolute Gasteiger partial charge is 0.492 e. The van der Waals surface area contributed by atoms with E-state index in [4.69, 9.17) is 27.9 Å². The second kappa shape index (κ2) is 5.06. The summed E-state index contributed by atoms with van der Waals surface area (Å²) < 4.78 is 5.58.